The number of imidazole rings is 1. The molecule has 138 valence electrons. The first-order valence-electron chi connectivity index (χ1n) is 8.34. The van der Waals surface area contributed by atoms with Gasteiger partial charge in [-0.15, -0.1) is 0 Å². The first-order valence-corrected chi connectivity index (χ1v) is 8.34. The summed E-state index contributed by atoms with van der Waals surface area (Å²) >= 11 is 0. The molecule has 0 spiro atoms. The highest BCUT2D eigenvalue weighted by Crippen LogP contribution is 2.35. The molecule has 4 atom stereocenters. The maximum Gasteiger partial charge on any atom is 0.232 e. The van der Waals surface area contributed by atoms with Gasteiger partial charge in [0, 0.05) is 6.61 Å². The van der Waals surface area contributed by atoms with Gasteiger partial charge in [0.1, 0.15) is 36.5 Å². The van der Waals surface area contributed by atoms with E-state index in [1.807, 2.05) is 0 Å². The maximum absolute atomic E-state index is 10.5. The van der Waals surface area contributed by atoms with Gasteiger partial charge >= 0.3 is 0 Å². The van der Waals surface area contributed by atoms with Crippen LogP contribution in [0, 0.1) is 0 Å². The monoisotopic (exact) mass is 352 g/mol. The fraction of sp³-hybridized carbons (Fsp3) is 0.667. The van der Waals surface area contributed by atoms with Crippen molar-refractivity contribution in [3.05, 3.63) is 12.7 Å². The molecule has 6 N–H and O–H groups in total. The minimum absolute atomic E-state index is 0.213. The van der Waals surface area contributed by atoms with Crippen LogP contribution in [0.15, 0.2) is 12.7 Å². The molecule has 0 bridgehead atoms. The molecule has 0 aromatic carbocycles. The molecule has 1 aliphatic heterocycles. The predicted molar refractivity (Wildman–Crippen MR) is 89.1 cm³/mol. The van der Waals surface area contributed by atoms with Crippen molar-refractivity contribution < 1.29 is 19.7 Å². The Morgan fingerprint density at radius 1 is 1.36 bits per heavy atom. The summed E-state index contributed by atoms with van der Waals surface area (Å²) in [4.78, 5) is 12.2. The molecule has 2 aromatic heterocycles. The van der Waals surface area contributed by atoms with Crippen molar-refractivity contribution in [1.29, 1.82) is 0 Å². The Bertz CT molecular complexity index is 725. The Kier molecular flexibility index (Phi) is 5.16. The SMILES string of the molecule is CCCCCO[C@@H]1[C@H](O)[C@@H](CO)O[C@@]1(N)n1cnc2c(N)ncnc21. The van der Waals surface area contributed by atoms with Crippen molar-refractivity contribution in [1.82, 2.24) is 19.5 Å². The second-order valence-corrected chi connectivity index (χ2v) is 6.13. The molecule has 3 rings (SSSR count). The first kappa shape index (κ1) is 18.0. The molecule has 1 aliphatic rings. The number of anilines is 1. The zero-order valence-electron chi connectivity index (χ0n) is 14.1. The van der Waals surface area contributed by atoms with Crippen molar-refractivity contribution in [2.75, 3.05) is 18.9 Å². The molecule has 0 saturated carbocycles. The minimum Gasteiger partial charge on any atom is -0.394 e. The molecule has 25 heavy (non-hydrogen) atoms. The van der Waals surface area contributed by atoms with E-state index in [1.54, 1.807) is 0 Å². The van der Waals surface area contributed by atoms with E-state index in [0.717, 1.165) is 19.3 Å². The lowest BCUT2D eigenvalue weighted by Crippen LogP contribution is -2.54. The Hall–Kier alpha value is -1.85. The number of aliphatic hydroxyl groups is 2. The molecule has 0 amide bonds. The number of rotatable bonds is 7. The number of unbranched alkanes of at least 4 members (excludes halogenated alkanes) is 2. The van der Waals surface area contributed by atoms with E-state index in [9.17, 15) is 10.2 Å². The summed E-state index contributed by atoms with van der Waals surface area (Å²) in [6.07, 6.45) is 2.74. The highest BCUT2D eigenvalue weighted by atomic mass is 16.6. The summed E-state index contributed by atoms with van der Waals surface area (Å²) in [5, 5.41) is 20.0. The van der Waals surface area contributed by atoms with Crippen molar-refractivity contribution in [2.45, 2.75) is 50.3 Å². The van der Waals surface area contributed by atoms with Gasteiger partial charge in [0.05, 0.1) is 6.61 Å². The van der Waals surface area contributed by atoms with Crippen molar-refractivity contribution in [3.8, 4) is 0 Å². The number of ether oxygens (including phenoxy) is 2. The number of fused-ring (bicyclic) bond motifs is 1. The lowest BCUT2D eigenvalue weighted by atomic mass is 10.1. The van der Waals surface area contributed by atoms with E-state index in [2.05, 4.69) is 21.9 Å². The number of nitrogens with zero attached hydrogens (tertiary/aromatic N) is 4. The smallest absolute Gasteiger partial charge is 0.232 e. The number of aliphatic hydroxyl groups excluding tert-OH is 2. The van der Waals surface area contributed by atoms with Gasteiger partial charge in [-0.25, -0.2) is 15.0 Å². The summed E-state index contributed by atoms with van der Waals surface area (Å²) in [5.41, 5.74) is 13.0. The third-order valence-corrected chi connectivity index (χ3v) is 4.40. The summed E-state index contributed by atoms with van der Waals surface area (Å²) in [7, 11) is 0. The second-order valence-electron chi connectivity index (χ2n) is 6.13. The topological polar surface area (TPSA) is 155 Å². The van der Waals surface area contributed by atoms with Crippen LogP contribution < -0.4 is 11.5 Å². The number of nitrogens with two attached hydrogens (primary N) is 2. The van der Waals surface area contributed by atoms with E-state index in [4.69, 9.17) is 20.9 Å². The van der Waals surface area contributed by atoms with Crippen LogP contribution in [-0.2, 0) is 15.3 Å². The van der Waals surface area contributed by atoms with E-state index in [1.165, 1.54) is 17.2 Å². The quantitative estimate of drug-likeness (QED) is 0.474. The lowest BCUT2D eigenvalue weighted by molar-refractivity contribution is -0.157. The Morgan fingerprint density at radius 3 is 2.88 bits per heavy atom. The van der Waals surface area contributed by atoms with Crippen LogP contribution in [0.3, 0.4) is 0 Å². The van der Waals surface area contributed by atoms with Crippen molar-refractivity contribution >= 4 is 17.0 Å². The maximum atomic E-state index is 10.5. The molecule has 0 unspecified atom stereocenters. The van der Waals surface area contributed by atoms with Gasteiger partial charge in [-0.3, -0.25) is 10.3 Å². The summed E-state index contributed by atoms with van der Waals surface area (Å²) in [6.45, 7) is 2.11. The second kappa shape index (κ2) is 7.18. The molecule has 10 heteroatoms. The standard InChI is InChI=1S/C15H24N6O4/c1-2-3-4-5-24-12-11(23)9(6-22)25-15(12,17)21-8-20-10-13(16)18-7-19-14(10)21/h7-9,11-12,22-23H,2-6,17H2,1H3,(H2,16,18,19)/t9-,11-,12-,15+/m1/s1. The summed E-state index contributed by atoms with van der Waals surface area (Å²) in [5.74, 6) is -1.36. The van der Waals surface area contributed by atoms with Crippen LogP contribution in [-0.4, -0.2) is 61.3 Å². The van der Waals surface area contributed by atoms with E-state index < -0.39 is 30.8 Å². The Morgan fingerprint density at radius 2 is 2.16 bits per heavy atom. The molecule has 2 aromatic rings. The average Bonchev–Trinajstić information content (AvgIpc) is 3.14. The highest BCUT2D eigenvalue weighted by Gasteiger charge is 2.55. The van der Waals surface area contributed by atoms with E-state index in [-0.39, 0.29) is 5.82 Å². The highest BCUT2D eigenvalue weighted by molar-refractivity contribution is 5.81. The molecule has 10 nitrogen and oxygen atoms in total. The van der Waals surface area contributed by atoms with Gasteiger partial charge in [-0.2, -0.15) is 0 Å². The van der Waals surface area contributed by atoms with Gasteiger partial charge in [0.25, 0.3) is 0 Å². The van der Waals surface area contributed by atoms with Crippen LogP contribution in [0.25, 0.3) is 11.2 Å². The number of hydrogen-bond acceptors (Lipinski definition) is 9. The normalized spacial score (nSPS) is 29.5. The molecule has 1 fully saturated rings. The molecular weight excluding hydrogens is 328 g/mol. The fourth-order valence-electron chi connectivity index (χ4n) is 3.05. The van der Waals surface area contributed by atoms with Gasteiger partial charge < -0.3 is 25.4 Å². The minimum atomic E-state index is -1.57. The number of nitrogen functional groups attached to an aromatic ring is 1. The molecule has 3 heterocycles. The molecular formula is C15H24N6O4. The third-order valence-electron chi connectivity index (χ3n) is 4.40. The van der Waals surface area contributed by atoms with Crippen LogP contribution in [0.2, 0.25) is 0 Å². The molecule has 0 aliphatic carbocycles. The zero-order chi connectivity index (χ0) is 18.0. The predicted octanol–water partition coefficient (Wildman–Crippen LogP) is -0.695. The largest absolute Gasteiger partial charge is 0.394 e. The molecule has 1 saturated heterocycles. The van der Waals surface area contributed by atoms with E-state index in [0.29, 0.717) is 17.8 Å². The third kappa shape index (κ3) is 3.07. The Balaban J connectivity index is 1.95. The van der Waals surface area contributed by atoms with Gasteiger partial charge in [-0.1, -0.05) is 19.8 Å². The van der Waals surface area contributed by atoms with Gasteiger partial charge in [-0.05, 0) is 6.42 Å². The van der Waals surface area contributed by atoms with Gasteiger partial charge in [0.2, 0.25) is 5.85 Å². The van der Waals surface area contributed by atoms with E-state index >= 15 is 0 Å². The number of aromatic nitrogens is 4. The summed E-state index contributed by atoms with van der Waals surface area (Å²) < 4.78 is 13.0. The van der Waals surface area contributed by atoms with Gasteiger partial charge in [0.15, 0.2) is 11.5 Å². The van der Waals surface area contributed by atoms with Crippen LogP contribution in [0.4, 0.5) is 5.82 Å². The Labute approximate surface area is 144 Å². The van der Waals surface area contributed by atoms with Crippen LogP contribution >= 0.6 is 0 Å². The molecule has 0 radical (unpaired) electrons. The lowest BCUT2D eigenvalue weighted by Gasteiger charge is -2.31. The fourth-order valence-corrected chi connectivity index (χ4v) is 3.05. The zero-order valence-corrected chi connectivity index (χ0v) is 14.1. The summed E-state index contributed by atoms with van der Waals surface area (Å²) in [6, 6.07) is 0. The van der Waals surface area contributed by atoms with Crippen molar-refractivity contribution in [2.24, 2.45) is 5.73 Å². The van der Waals surface area contributed by atoms with Crippen LogP contribution in [0.5, 0.6) is 0 Å². The van der Waals surface area contributed by atoms with Crippen molar-refractivity contribution in [3.63, 3.8) is 0 Å². The number of hydrogen-bond donors (Lipinski definition) is 4. The van der Waals surface area contributed by atoms with Crippen LogP contribution in [0.1, 0.15) is 26.2 Å². The first-order chi connectivity index (χ1) is 12.0. The average molecular weight is 352 g/mol.